The largest absolute Gasteiger partial charge is 0.426 e. The Morgan fingerprint density at radius 3 is 2.59 bits per heavy atom. The number of hydrogen-bond acceptors (Lipinski definition) is 2. The Balaban J connectivity index is 1.83. The maximum Gasteiger partial charge on any atom is 0.314 e. The smallest absolute Gasteiger partial charge is 0.314 e. The summed E-state index contributed by atoms with van der Waals surface area (Å²) in [5, 5.41) is 0. The van der Waals surface area contributed by atoms with Gasteiger partial charge >= 0.3 is 5.97 Å². The van der Waals surface area contributed by atoms with Crippen molar-refractivity contribution in [3.8, 4) is 5.75 Å². The van der Waals surface area contributed by atoms with Crippen molar-refractivity contribution in [2.24, 2.45) is 11.8 Å². The van der Waals surface area contributed by atoms with Crippen LogP contribution in [0.25, 0.3) is 0 Å². The highest BCUT2D eigenvalue weighted by Gasteiger charge is 2.26. The molecule has 1 aromatic rings. The number of rotatable bonds is 5. The van der Waals surface area contributed by atoms with Gasteiger partial charge in [0.05, 0.1) is 5.92 Å². The summed E-state index contributed by atoms with van der Waals surface area (Å²) in [6.07, 6.45) is 10.2. The number of carbonyl (C=O) groups excluding carboxylic acids is 1. The summed E-state index contributed by atoms with van der Waals surface area (Å²) >= 11 is 0. The third-order valence-corrected chi connectivity index (χ3v) is 4.08. The second kappa shape index (κ2) is 8.06. The molecule has 0 atom stereocenters. The fourth-order valence-electron chi connectivity index (χ4n) is 2.74. The lowest BCUT2D eigenvalue weighted by atomic mass is 9.82. The second-order valence-corrected chi connectivity index (χ2v) is 5.83. The first-order valence-electron chi connectivity index (χ1n) is 7.93. The van der Waals surface area contributed by atoms with E-state index >= 15 is 0 Å². The van der Waals surface area contributed by atoms with Crippen molar-refractivity contribution in [1.29, 1.82) is 0 Å². The zero-order chi connectivity index (χ0) is 15.9. The van der Waals surface area contributed by atoms with Gasteiger partial charge in [0, 0.05) is 6.07 Å². The third kappa shape index (κ3) is 4.65. The average molecular weight is 308 g/mol. The van der Waals surface area contributed by atoms with E-state index in [2.05, 4.69) is 19.1 Å². The Hall–Kier alpha value is -1.71. The molecule has 1 aliphatic carbocycles. The van der Waals surface area contributed by atoms with Crippen LogP contribution in [0.15, 0.2) is 30.4 Å². The Labute approximate surface area is 130 Å². The summed E-state index contributed by atoms with van der Waals surface area (Å²) in [4.78, 5) is 12.1. The van der Waals surface area contributed by atoms with Crippen molar-refractivity contribution in [2.45, 2.75) is 45.4 Å². The van der Waals surface area contributed by atoms with Gasteiger partial charge in [-0.15, -0.1) is 0 Å². The van der Waals surface area contributed by atoms with Gasteiger partial charge in [0.1, 0.15) is 5.75 Å². The number of allylic oxidation sites excluding steroid dienone is 2. The van der Waals surface area contributed by atoms with Gasteiger partial charge in [-0.2, -0.15) is 0 Å². The van der Waals surface area contributed by atoms with Crippen LogP contribution in [0.3, 0.4) is 0 Å². The topological polar surface area (TPSA) is 26.3 Å². The standard InChI is InChI=1S/C18H22F2O2/c1-2-3-4-5-13-6-8-14(9-7-13)18(21)22-15-10-11-16(19)17(20)12-15/h4-5,10-14H,2-3,6-9H2,1H3. The predicted octanol–water partition coefficient (Wildman–Crippen LogP) is 5.03. The molecule has 0 unspecified atom stereocenters. The molecule has 0 amide bonds. The third-order valence-electron chi connectivity index (χ3n) is 4.08. The summed E-state index contributed by atoms with van der Waals surface area (Å²) in [5.74, 6) is -1.84. The summed E-state index contributed by atoms with van der Waals surface area (Å²) in [5.41, 5.74) is 0. The van der Waals surface area contributed by atoms with Crippen molar-refractivity contribution < 1.29 is 18.3 Å². The van der Waals surface area contributed by atoms with Crippen LogP contribution < -0.4 is 4.74 Å². The van der Waals surface area contributed by atoms with E-state index in [1.54, 1.807) is 0 Å². The van der Waals surface area contributed by atoms with E-state index in [1.165, 1.54) is 6.07 Å². The van der Waals surface area contributed by atoms with Gasteiger partial charge < -0.3 is 4.74 Å². The number of unbranched alkanes of at least 4 members (excludes halogenated alkanes) is 1. The molecule has 22 heavy (non-hydrogen) atoms. The van der Waals surface area contributed by atoms with E-state index in [9.17, 15) is 13.6 Å². The highest BCUT2D eigenvalue weighted by atomic mass is 19.2. The molecule has 1 fully saturated rings. The molecule has 1 saturated carbocycles. The molecule has 0 aromatic heterocycles. The van der Waals surface area contributed by atoms with Gasteiger partial charge in [0.25, 0.3) is 0 Å². The number of esters is 1. The van der Waals surface area contributed by atoms with Crippen molar-refractivity contribution in [1.82, 2.24) is 0 Å². The van der Waals surface area contributed by atoms with E-state index in [4.69, 9.17) is 4.74 Å². The number of halogens is 2. The highest BCUT2D eigenvalue weighted by Crippen LogP contribution is 2.31. The van der Waals surface area contributed by atoms with Crippen LogP contribution in [0, 0.1) is 23.5 Å². The second-order valence-electron chi connectivity index (χ2n) is 5.83. The summed E-state index contributed by atoms with van der Waals surface area (Å²) in [6, 6.07) is 3.15. The number of hydrogen-bond donors (Lipinski definition) is 0. The lowest BCUT2D eigenvalue weighted by Gasteiger charge is -2.25. The van der Waals surface area contributed by atoms with Crippen LogP contribution in [-0.4, -0.2) is 5.97 Å². The molecular formula is C18H22F2O2. The quantitative estimate of drug-likeness (QED) is 0.433. The lowest BCUT2D eigenvalue weighted by Crippen LogP contribution is -2.25. The fourth-order valence-corrected chi connectivity index (χ4v) is 2.74. The van der Waals surface area contributed by atoms with Crippen LogP contribution in [0.4, 0.5) is 8.78 Å². The normalized spacial score (nSPS) is 22.0. The van der Waals surface area contributed by atoms with Crippen molar-refractivity contribution in [3.63, 3.8) is 0 Å². The van der Waals surface area contributed by atoms with Crippen molar-refractivity contribution >= 4 is 5.97 Å². The minimum absolute atomic E-state index is 0.0638. The molecule has 0 aliphatic heterocycles. The molecule has 4 heteroatoms. The van der Waals surface area contributed by atoms with Gasteiger partial charge in [0.15, 0.2) is 11.6 Å². The molecule has 0 bridgehead atoms. The minimum atomic E-state index is -1.00. The zero-order valence-corrected chi connectivity index (χ0v) is 12.9. The van der Waals surface area contributed by atoms with Crippen LogP contribution in [0.2, 0.25) is 0 Å². The van der Waals surface area contributed by atoms with Crippen LogP contribution in [-0.2, 0) is 4.79 Å². The molecular weight excluding hydrogens is 286 g/mol. The van der Waals surface area contributed by atoms with Crippen molar-refractivity contribution in [3.05, 3.63) is 42.0 Å². The maximum absolute atomic E-state index is 13.1. The summed E-state index contributed by atoms with van der Waals surface area (Å²) in [7, 11) is 0. The summed E-state index contributed by atoms with van der Waals surface area (Å²) < 4.78 is 31.1. The zero-order valence-electron chi connectivity index (χ0n) is 12.9. The molecule has 1 aliphatic rings. The van der Waals surface area contributed by atoms with E-state index in [-0.39, 0.29) is 17.6 Å². The first kappa shape index (κ1) is 16.7. The molecule has 2 nitrogen and oxygen atoms in total. The fraction of sp³-hybridized carbons (Fsp3) is 0.500. The minimum Gasteiger partial charge on any atom is -0.426 e. The monoisotopic (exact) mass is 308 g/mol. The van der Waals surface area contributed by atoms with E-state index in [1.807, 2.05) is 0 Å². The first-order chi connectivity index (χ1) is 10.6. The molecule has 0 saturated heterocycles. The van der Waals surface area contributed by atoms with Crippen molar-refractivity contribution in [2.75, 3.05) is 0 Å². The van der Waals surface area contributed by atoms with Crippen LogP contribution in [0.1, 0.15) is 45.4 Å². The highest BCUT2D eigenvalue weighted by molar-refractivity contribution is 5.75. The van der Waals surface area contributed by atoms with Gasteiger partial charge in [0.2, 0.25) is 0 Å². The SMILES string of the molecule is CCCC=CC1CCC(C(=O)Oc2ccc(F)c(F)c2)CC1. The first-order valence-corrected chi connectivity index (χ1v) is 7.93. The van der Waals surface area contributed by atoms with Gasteiger partial charge in [-0.25, -0.2) is 8.78 Å². The molecule has 1 aromatic carbocycles. The average Bonchev–Trinajstić information content (AvgIpc) is 2.52. The Kier molecular flexibility index (Phi) is 6.10. The Bertz CT molecular complexity index is 532. The number of benzene rings is 1. The van der Waals surface area contributed by atoms with Crippen LogP contribution >= 0.6 is 0 Å². The van der Waals surface area contributed by atoms with Gasteiger partial charge in [-0.1, -0.05) is 25.5 Å². The lowest BCUT2D eigenvalue weighted by molar-refractivity contribution is -0.140. The van der Waals surface area contributed by atoms with E-state index in [0.717, 1.165) is 50.7 Å². The van der Waals surface area contributed by atoms with E-state index in [0.29, 0.717) is 5.92 Å². The molecule has 0 N–H and O–H groups in total. The molecule has 2 rings (SSSR count). The Morgan fingerprint density at radius 2 is 1.95 bits per heavy atom. The van der Waals surface area contributed by atoms with Gasteiger partial charge in [-0.05, 0) is 50.2 Å². The maximum atomic E-state index is 13.1. The number of ether oxygens (including phenoxy) is 1. The molecule has 0 heterocycles. The number of carbonyl (C=O) groups is 1. The predicted molar refractivity (Wildman–Crippen MR) is 81.5 cm³/mol. The summed E-state index contributed by atoms with van der Waals surface area (Å²) in [6.45, 7) is 2.15. The molecule has 0 radical (unpaired) electrons. The molecule has 0 spiro atoms. The van der Waals surface area contributed by atoms with Gasteiger partial charge in [-0.3, -0.25) is 4.79 Å². The van der Waals surface area contributed by atoms with Crippen LogP contribution in [0.5, 0.6) is 5.75 Å². The van der Waals surface area contributed by atoms with E-state index < -0.39 is 11.6 Å². The molecule has 120 valence electrons. The Morgan fingerprint density at radius 1 is 1.23 bits per heavy atom.